The van der Waals surface area contributed by atoms with Gasteiger partial charge in [-0.3, -0.25) is 19.5 Å². The molecule has 1 aliphatic carbocycles. The highest BCUT2D eigenvalue weighted by atomic mass is 32.2. The Kier molecular flexibility index (Phi) is 4.24. The number of fused-ring (bicyclic) bond motifs is 2. The summed E-state index contributed by atoms with van der Waals surface area (Å²) in [7, 11) is 0. The van der Waals surface area contributed by atoms with Crippen LogP contribution >= 0.6 is 11.8 Å². The van der Waals surface area contributed by atoms with Gasteiger partial charge < -0.3 is 5.32 Å². The Hall–Kier alpha value is -1.56. The van der Waals surface area contributed by atoms with Crippen LogP contribution in [-0.2, 0) is 9.59 Å². The van der Waals surface area contributed by atoms with Gasteiger partial charge in [0.25, 0.3) is 0 Å². The Morgan fingerprint density at radius 3 is 3.04 bits per heavy atom. The second-order valence-electron chi connectivity index (χ2n) is 7.23. The van der Waals surface area contributed by atoms with Crippen molar-refractivity contribution in [3.63, 3.8) is 0 Å². The van der Waals surface area contributed by atoms with Crippen LogP contribution in [0.5, 0.6) is 0 Å². The number of aliphatic imine (C=N–C) groups is 1. The van der Waals surface area contributed by atoms with Crippen LogP contribution in [0.1, 0.15) is 39.0 Å². The van der Waals surface area contributed by atoms with Crippen LogP contribution in [0.2, 0.25) is 0 Å². The summed E-state index contributed by atoms with van der Waals surface area (Å²) >= 11 is 1.55. The van der Waals surface area contributed by atoms with Crippen LogP contribution in [0.4, 0.5) is 0 Å². The lowest BCUT2D eigenvalue weighted by Crippen LogP contribution is -2.44. The molecule has 2 amide bonds. The number of nitrogens with zero attached hydrogens (tertiary/aromatic N) is 2. The number of allylic oxidation sites excluding steroid dienone is 2. The molecule has 3 aliphatic heterocycles. The second kappa shape index (κ2) is 6.39. The molecule has 0 radical (unpaired) electrons. The predicted molar refractivity (Wildman–Crippen MR) is 95.4 cm³/mol. The van der Waals surface area contributed by atoms with Gasteiger partial charge in [-0.25, -0.2) is 0 Å². The van der Waals surface area contributed by atoms with Crippen molar-refractivity contribution in [2.75, 3.05) is 0 Å². The number of hydrogen-bond acceptors (Lipinski definition) is 4. The van der Waals surface area contributed by atoms with Crippen molar-refractivity contribution in [2.45, 2.75) is 55.7 Å². The van der Waals surface area contributed by atoms with Crippen LogP contribution in [0.3, 0.4) is 0 Å². The number of rotatable bonds is 2. The first-order chi connectivity index (χ1) is 11.6. The van der Waals surface area contributed by atoms with Crippen molar-refractivity contribution in [2.24, 2.45) is 16.8 Å². The van der Waals surface area contributed by atoms with Crippen molar-refractivity contribution in [1.29, 1.82) is 0 Å². The van der Waals surface area contributed by atoms with E-state index in [4.69, 9.17) is 0 Å². The number of hydrogen-bond donors (Lipinski definition) is 1. The van der Waals surface area contributed by atoms with E-state index in [0.29, 0.717) is 24.2 Å². The highest BCUT2D eigenvalue weighted by Gasteiger charge is 2.47. The van der Waals surface area contributed by atoms with Crippen molar-refractivity contribution >= 4 is 29.4 Å². The second-order valence-corrected chi connectivity index (χ2v) is 8.56. The van der Waals surface area contributed by atoms with E-state index in [1.807, 2.05) is 18.2 Å². The van der Waals surface area contributed by atoms with Crippen molar-refractivity contribution in [3.8, 4) is 0 Å². The molecular weight excluding hydrogens is 322 g/mol. The summed E-state index contributed by atoms with van der Waals surface area (Å²) in [5, 5.41) is 2.93. The van der Waals surface area contributed by atoms with Crippen LogP contribution in [-0.4, -0.2) is 39.2 Å². The number of amides is 2. The Morgan fingerprint density at radius 1 is 1.33 bits per heavy atom. The molecule has 0 aromatic heterocycles. The van der Waals surface area contributed by atoms with Gasteiger partial charge in [0.2, 0.25) is 11.8 Å². The Morgan fingerprint density at radius 2 is 2.21 bits per heavy atom. The number of carbonyl (C=O) groups excluding carboxylic acids is 2. The maximum absolute atomic E-state index is 12.7. The molecule has 5 nitrogen and oxygen atoms in total. The molecule has 0 aromatic carbocycles. The molecule has 0 spiro atoms. The van der Waals surface area contributed by atoms with E-state index >= 15 is 0 Å². The first-order valence-electron chi connectivity index (χ1n) is 8.83. The first kappa shape index (κ1) is 15.9. The summed E-state index contributed by atoms with van der Waals surface area (Å²) in [4.78, 5) is 31.6. The van der Waals surface area contributed by atoms with Gasteiger partial charge in [-0.2, -0.15) is 0 Å². The molecule has 0 aromatic rings. The predicted octanol–water partition coefficient (Wildman–Crippen LogP) is 2.45. The lowest BCUT2D eigenvalue weighted by atomic mass is 9.87. The minimum Gasteiger partial charge on any atom is -0.352 e. The molecule has 4 aliphatic rings. The molecule has 3 heterocycles. The van der Waals surface area contributed by atoms with Gasteiger partial charge in [0.15, 0.2) is 0 Å². The Labute approximate surface area is 146 Å². The molecule has 0 bridgehead atoms. The van der Waals surface area contributed by atoms with E-state index in [1.54, 1.807) is 22.9 Å². The topological polar surface area (TPSA) is 61.8 Å². The van der Waals surface area contributed by atoms with Gasteiger partial charge in [0.05, 0.1) is 11.2 Å². The van der Waals surface area contributed by atoms with E-state index in [0.717, 1.165) is 12.8 Å². The zero-order valence-electron chi connectivity index (χ0n) is 13.9. The first-order valence-corrected chi connectivity index (χ1v) is 9.77. The average Bonchev–Trinajstić information content (AvgIpc) is 3.00. The monoisotopic (exact) mass is 345 g/mol. The van der Waals surface area contributed by atoms with Crippen molar-refractivity contribution in [3.05, 3.63) is 24.4 Å². The minimum absolute atomic E-state index is 0.0692. The van der Waals surface area contributed by atoms with Crippen LogP contribution < -0.4 is 5.32 Å². The third-order valence-electron chi connectivity index (χ3n) is 5.34. The third kappa shape index (κ3) is 2.92. The molecule has 1 saturated carbocycles. The number of carbonyl (C=O) groups is 2. The maximum Gasteiger partial charge on any atom is 0.238 e. The zero-order chi connectivity index (χ0) is 16.7. The van der Waals surface area contributed by atoms with E-state index in [9.17, 15) is 9.59 Å². The van der Waals surface area contributed by atoms with E-state index in [2.05, 4.69) is 17.2 Å². The molecule has 5 unspecified atom stereocenters. The fraction of sp³-hybridized carbons (Fsp3) is 0.611. The van der Waals surface area contributed by atoms with Gasteiger partial charge in [0.1, 0.15) is 11.2 Å². The normalized spacial score (nSPS) is 37.7. The largest absolute Gasteiger partial charge is 0.352 e. The van der Waals surface area contributed by atoms with Gasteiger partial charge in [-0.1, -0.05) is 25.8 Å². The third-order valence-corrected chi connectivity index (χ3v) is 6.79. The fourth-order valence-corrected chi connectivity index (χ4v) is 5.50. The molecule has 24 heavy (non-hydrogen) atoms. The average molecular weight is 345 g/mol. The van der Waals surface area contributed by atoms with E-state index in [-0.39, 0.29) is 28.4 Å². The summed E-state index contributed by atoms with van der Waals surface area (Å²) in [6, 6.07) is 0.295. The summed E-state index contributed by atoms with van der Waals surface area (Å²) in [6.07, 6.45) is 12.5. The van der Waals surface area contributed by atoms with Gasteiger partial charge >= 0.3 is 0 Å². The summed E-state index contributed by atoms with van der Waals surface area (Å²) in [6.45, 7) is 2.25. The summed E-state index contributed by atoms with van der Waals surface area (Å²) < 4.78 is 0. The van der Waals surface area contributed by atoms with Gasteiger partial charge in [-0.15, -0.1) is 11.8 Å². The highest BCUT2D eigenvalue weighted by molar-refractivity contribution is 8.01. The molecule has 128 valence electrons. The fourth-order valence-electron chi connectivity index (χ4n) is 4.07. The van der Waals surface area contributed by atoms with Crippen LogP contribution in [0.15, 0.2) is 29.4 Å². The molecule has 5 atom stereocenters. The molecular formula is C18H23N3O2S. The summed E-state index contributed by atoms with van der Waals surface area (Å²) in [5.74, 6) is 1.35. The molecule has 6 heteroatoms. The van der Waals surface area contributed by atoms with Crippen molar-refractivity contribution in [1.82, 2.24) is 10.2 Å². The molecule has 1 saturated heterocycles. The van der Waals surface area contributed by atoms with E-state index < -0.39 is 0 Å². The smallest absolute Gasteiger partial charge is 0.238 e. The molecule has 4 rings (SSSR count). The summed E-state index contributed by atoms with van der Waals surface area (Å²) in [5.41, 5.74) is 0. The van der Waals surface area contributed by atoms with E-state index in [1.165, 1.54) is 12.8 Å². The van der Waals surface area contributed by atoms with Gasteiger partial charge in [0, 0.05) is 12.2 Å². The minimum atomic E-state index is -0.184. The molecule has 2 fully saturated rings. The van der Waals surface area contributed by atoms with Gasteiger partial charge in [-0.05, 0) is 37.3 Å². The van der Waals surface area contributed by atoms with Crippen LogP contribution in [0, 0.1) is 11.8 Å². The standard InChI is InChI=1S/C18H23N3O2S/c1-11-5-4-6-12(9-11)19-16(22)14-10-13-17(24-14)20-15-7-2-3-8-21(15)18(13)23/h2-3,7-8,11-14,17H,4-6,9-10H2,1H3,(H,19,22). The number of nitrogens with one attached hydrogen (secondary N) is 1. The Balaban J connectivity index is 1.42. The lowest BCUT2D eigenvalue weighted by molar-refractivity contribution is -0.130. The molecule has 1 N–H and O–H groups in total. The van der Waals surface area contributed by atoms with Crippen molar-refractivity contribution < 1.29 is 9.59 Å². The quantitative estimate of drug-likeness (QED) is 0.836. The maximum atomic E-state index is 12.7. The highest BCUT2D eigenvalue weighted by Crippen LogP contribution is 2.43. The lowest BCUT2D eigenvalue weighted by Gasteiger charge is -2.30. The number of thioether (sulfide) groups is 1. The Bertz CT molecular complexity index is 642. The zero-order valence-corrected chi connectivity index (χ0v) is 14.7. The van der Waals surface area contributed by atoms with Crippen LogP contribution in [0.25, 0.3) is 0 Å². The number of amidine groups is 1. The SMILES string of the molecule is CC1CCCC(NC(=O)C2CC3C(=O)N4C=CC=CC4=NC3S2)C1.